The summed E-state index contributed by atoms with van der Waals surface area (Å²) in [6, 6.07) is 6.86. The van der Waals surface area contributed by atoms with Crippen molar-refractivity contribution in [2.24, 2.45) is 4.99 Å². The van der Waals surface area contributed by atoms with E-state index in [1.54, 1.807) is 48.7 Å². The maximum atomic E-state index is 11.3. The number of allylic oxidation sites excluding steroid dienone is 4. The Morgan fingerprint density at radius 2 is 1.89 bits per heavy atom. The molecule has 99 valence electrons. The van der Waals surface area contributed by atoms with Crippen LogP contribution in [0.25, 0.3) is 0 Å². The average Bonchev–Trinajstić information content (AvgIpc) is 2.38. The quantitative estimate of drug-likeness (QED) is 0.665. The van der Waals surface area contributed by atoms with Crippen LogP contribution in [0.3, 0.4) is 0 Å². The molecule has 4 nitrogen and oxygen atoms in total. The summed E-state index contributed by atoms with van der Waals surface area (Å²) in [4.78, 5) is 15.4. The number of para-hydroxylation sites is 2. The minimum absolute atomic E-state index is 0. The zero-order valence-corrected chi connectivity index (χ0v) is 11.0. The third-order valence-electron chi connectivity index (χ3n) is 2.30. The second-order valence-electron chi connectivity index (χ2n) is 3.57. The zero-order valence-electron chi connectivity index (χ0n) is 9.91. The van der Waals surface area contributed by atoms with Gasteiger partial charge in [0.15, 0.2) is 0 Å². The molecule has 0 bridgehead atoms. The minimum atomic E-state index is -0.121. The summed E-state index contributed by atoms with van der Waals surface area (Å²) >= 11 is 0. The number of phenols is 1. The molecule has 0 atom stereocenters. The Balaban J connectivity index is 0.00000180. The molecule has 5 heteroatoms. The summed E-state index contributed by atoms with van der Waals surface area (Å²) in [6.45, 7) is 0. The maximum Gasteiger partial charge on any atom is 0.204 e. The molecule has 1 aromatic rings. The molecular formula is C14H12CoN2O2. The van der Waals surface area contributed by atoms with E-state index in [1.807, 2.05) is 0 Å². The Labute approximate surface area is 121 Å². The van der Waals surface area contributed by atoms with E-state index >= 15 is 0 Å². The van der Waals surface area contributed by atoms with Gasteiger partial charge < -0.3 is 10.4 Å². The van der Waals surface area contributed by atoms with Crippen LogP contribution in [0.5, 0.6) is 5.75 Å². The van der Waals surface area contributed by atoms with Crippen molar-refractivity contribution in [3.63, 3.8) is 0 Å². The number of aliphatic imine (C=N–C) groups is 1. The van der Waals surface area contributed by atoms with Gasteiger partial charge in [-0.05, 0) is 24.3 Å². The van der Waals surface area contributed by atoms with Crippen LogP contribution in [0.15, 0.2) is 66.0 Å². The van der Waals surface area contributed by atoms with Crippen molar-refractivity contribution in [1.82, 2.24) is 0 Å². The van der Waals surface area contributed by atoms with Crippen LogP contribution in [-0.2, 0) is 21.6 Å². The van der Waals surface area contributed by atoms with Crippen molar-refractivity contribution in [2.45, 2.75) is 0 Å². The molecule has 0 aliphatic heterocycles. The van der Waals surface area contributed by atoms with E-state index in [-0.39, 0.29) is 28.3 Å². The topological polar surface area (TPSA) is 61.7 Å². The zero-order chi connectivity index (χ0) is 12.8. The van der Waals surface area contributed by atoms with Gasteiger partial charge in [0.2, 0.25) is 5.78 Å². The maximum absolute atomic E-state index is 11.3. The number of aromatic hydroxyl groups is 1. The molecule has 1 aliphatic carbocycles. The Morgan fingerprint density at radius 3 is 2.63 bits per heavy atom. The van der Waals surface area contributed by atoms with Gasteiger partial charge in [0.1, 0.15) is 11.5 Å². The number of benzene rings is 1. The van der Waals surface area contributed by atoms with E-state index in [0.717, 1.165) is 0 Å². The number of nitrogens with one attached hydrogen (secondary N) is 1. The first-order valence-electron chi connectivity index (χ1n) is 5.44. The molecule has 0 fully saturated rings. The van der Waals surface area contributed by atoms with Gasteiger partial charge in [0.05, 0.1) is 5.69 Å². The van der Waals surface area contributed by atoms with Gasteiger partial charge >= 0.3 is 0 Å². The molecule has 1 aliphatic rings. The van der Waals surface area contributed by atoms with E-state index < -0.39 is 0 Å². The van der Waals surface area contributed by atoms with E-state index in [4.69, 9.17) is 0 Å². The first-order valence-corrected chi connectivity index (χ1v) is 5.44. The van der Waals surface area contributed by atoms with E-state index in [1.165, 1.54) is 12.3 Å². The van der Waals surface area contributed by atoms with Crippen LogP contribution >= 0.6 is 0 Å². The molecule has 1 radical (unpaired) electrons. The molecule has 19 heavy (non-hydrogen) atoms. The van der Waals surface area contributed by atoms with Gasteiger partial charge in [-0.2, -0.15) is 0 Å². The van der Waals surface area contributed by atoms with Crippen molar-refractivity contribution in [1.29, 1.82) is 0 Å². The number of rotatable bonds is 3. The molecule has 0 spiro atoms. The fraction of sp³-hybridized carbons (Fsp3) is 0. The number of hydrogen-bond acceptors (Lipinski definition) is 4. The number of hydrogen-bond donors (Lipinski definition) is 2. The molecule has 0 amide bonds. The smallest absolute Gasteiger partial charge is 0.204 e. The third kappa shape index (κ3) is 4.24. The van der Waals surface area contributed by atoms with Crippen LogP contribution in [0.1, 0.15) is 0 Å². The van der Waals surface area contributed by atoms with Crippen molar-refractivity contribution >= 4 is 17.2 Å². The Bertz CT molecular complexity index is 575. The summed E-state index contributed by atoms with van der Waals surface area (Å²) < 4.78 is 0. The number of anilines is 1. The average molecular weight is 299 g/mol. The van der Waals surface area contributed by atoms with Gasteiger partial charge in [-0.3, -0.25) is 9.79 Å². The monoisotopic (exact) mass is 299 g/mol. The molecule has 0 unspecified atom stereocenters. The third-order valence-corrected chi connectivity index (χ3v) is 2.30. The van der Waals surface area contributed by atoms with Gasteiger partial charge in [0, 0.05) is 29.2 Å². The molecule has 2 N–H and O–H groups in total. The number of carbonyl (C=O) groups is 1. The number of nitrogens with zero attached hydrogens (tertiary/aromatic N) is 1. The van der Waals surface area contributed by atoms with Crippen molar-refractivity contribution in [3.8, 4) is 5.75 Å². The van der Waals surface area contributed by atoms with Gasteiger partial charge in [-0.15, -0.1) is 0 Å². The fourth-order valence-electron chi connectivity index (χ4n) is 1.40. The predicted octanol–water partition coefficient (Wildman–Crippen LogP) is 2.41. The first kappa shape index (κ1) is 14.9. The van der Waals surface area contributed by atoms with Crippen molar-refractivity contribution in [3.05, 3.63) is 61.0 Å². The minimum Gasteiger partial charge on any atom is -0.506 e. The molecule has 0 saturated heterocycles. The van der Waals surface area contributed by atoms with Gasteiger partial charge in [-0.25, -0.2) is 0 Å². The SMILES string of the molecule is O=C1C=CC=CC1=NC=CNc1ccccc1O.[Co]. The Kier molecular flexibility index (Phi) is 5.78. The molecule has 1 aromatic carbocycles. The summed E-state index contributed by atoms with van der Waals surface area (Å²) in [6.07, 6.45) is 9.57. The summed E-state index contributed by atoms with van der Waals surface area (Å²) in [5.41, 5.74) is 0.965. The van der Waals surface area contributed by atoms with Crippen LogP contribution < -0.4 is 5.32 Å². The molecule has 0 aromatic heterocycles. The largest absolute Gasteiger partial charge is 0.506 e. The van der Waals surface area contributed by atoms with E-state index in [2.05, 4.69) is 10.3 Å². The predicted molar refractivity (Wildman–Crippen MR) is 71.6 cm³/mol. The molecular weight excluding hydrogens is 287 g/mol. The Morgan fingerprint density at radius 1 is 1.16 bits per heavy atom. The van der Waals surface area contributed by atoms with E-state index in [9.17, 15) is 9.90 Å². The normalized spacial score (nSPS) is 15.8. The van der Waals surface area contributed by atoms with Gasteiger partial charge in [-0.1, -0.05) is 24.3 Å². The number of carbonyl (C=O) groups excluding carboxylic acids is 1. The molecule has 0 heterocycles. The second kappa shape index (κ2) is 7.35. The summed E-state index contributed by atoms with van der Waals surface area (Å²) in [5.74, 6) is 0.0380. The summed E-state index contributed by atoms with van der Waals surface area (Å²) in [7, 11) is 0. The first-order chi connectivity index (χ1) is 8.77. The Hall–Kier alpha value is -2.11. The summed E-state index contributed by atoms with van der Waals surface area (Å²) in [5, 5.41) is 12.4. The second-order valence-corrected chi connectivity index (χ2v) is 3.57. The number of ketones is 1. The van der Waals surface area contributed by atoms with Crippen LogP contribution in [0, 0.1) is 0 Å². The van der Waals surface area contributed by atoms with Crippen LogP contribution in [0.2, 0.25) is 0 Å². The van der Waals surface area contributed by atoms with E-state index in [0.29, 0.717) is 11.4 Å². The van der Waals surface area contributed by atoms with Crippen molar-refractivity contribution in [2.75, 3.05) is 5.32 Å². The number of phenolic OH excluding ortho intramolecular Hbond substituents is 1. The van der Waals surface area contributed by atoms with Crippen molar-refractivity contribution < 1.29 is 26.7 Å². The van der Waals surface area contributed by atoms with Gasteiger partial charge in [0.25, 0.3) is 0 Å². The standard InChI is InChI=1S/C14H12N2O2.Co/c17-13-7-3-1-5-11(13)15-9-10-16-12-6-2-4-8-14(12)18;/h1-10,15,17H;. The fourth-order valence-corrected chi connectivity index (χ4v) is 1.40. The van der Waals surface area contributed by atoms with Crippen LogP contribution in [0.4, 0.5) is 5.69 Å². The molecule has 0 saturated carbocycles. The van der Waals surface area contributed by atoms with Crippen LogP contribution in [-0.4, -0.2) is 16.6 Å². The molecule has 2 rings (SSSR count).